The van der Waals surface area contributed by atoms with Crippen molar-refractivity contribution >= 4 is 27.6 Å². The first-order chi connectivity index (χ1) is 16.2. The smallest absolute Gasteiger partial charge is 0.337 e. The number of benzene rings is 3. The third-order valence-electron chi connectivity index (χ3n) is 6.44. The highest BCUT2D eigenvalue weighted by Gasteiger charge is 2.32. The van der Waals surface area contributed by atoms with Crippen molar-refractivity contribution in [1.29, 1.82) is 0 Å². The Bertz CT molecular complexity index is 1440. The number of hydrogen-bond acceptors (Lipinski definition) is 4. The predicted octanol–water partition coefficient (Wildman–Crippen LogP) is 6.55. The molecule has 0 fully saturated rings. The van der Waals surface area contributed by atoms with Gasteiger partial charge in [0.1, 0.15) is 5.75 Å². The highest BCUT2D eigenvalue weighted by molar-refractivity contribution is 6.09. The van der Waals surface area contributed by atoms with Crippen LogP contribution in [0.2, 0.25) is 0 Å². The maximum absolute atomic E-state index is 12.6. The number of aryl methyl sites for hydroxylation is 2. The molecule has 4 aromatic rings. The summed E-state index contributed by atoms with van der Waals surface area (Å²) < 4.78 is 12.1. The molecule has 5 nitrogen and oxygen atoms in total. The van der Waals surface area contributed by atoms with E-state index in [1.165, 1.54) is 5.56 Å². The van der Waals surface area contributed by atoms with E-state index >= 15 is 0 Å². The summed E-state index contributed by atoms with van der Waals surface area (Å²) in [5.41, 5.74) is 5.82. The lowest BCUT2D eigenvalue weighted by atomic mass is 9.84. The van der Waals surface area contributed by atoms with Gasteiger partial charge in [0, 0.05) is 29.1 Å². The Morgan fingerprint density at radius 3 is 2.62 bits per heavy atom. The van der Waals surface area contributed by atoms with Crippen LogP contribution in [0, 0.1) is 13.8 Å². The number of carbonyl (C=O) groups is 1. The van der Waals surface area contributed by atoms with Gasteiger partial charge in [-0.2, -0.15) is 0 Å². The van der Waals surface area contributed by atoms with Gasteiger partial charge in [0.15, 0.2) is 6.10 Å². The molecule has 0 amide bonds. The molecular formula is C29H29NO4. The molecule has 0 saturated carbocycles. The summed E-state index contributed by atoms with van der Waals surface area (Å²) in [6.45, 7) is 10.3. The van der Waals surface area contributed by atoms with Crippen molar-refractivity contribution in [3.8, 4) is 16.9 Å². The van der Waals surface area contributed by atoms with E-state index in [-0.39, 0.29) is 0 Å². The van der Waals surface area contributed by atoms with Gasteiger partial charge < -0.3 is 14.6 Å². The van der Waals surface area contributed by atoms with Gasteiger partial charge in [0.25, 0.3) is 0 Å². The predicted molar refractivity (Wildman–Crippen MR) is 135 cm³/mol. The molecule has 174 valence electrons. The van der Waals surface area contributed by atoms with Crippen molar-refractivity contribution in [2.75, 3.05) is 6.61 Å². The number of aromatic nitrogens is 1. The summed E-state index contributed by atoms with van der Waals surface area (Å²) in [6.07, 6.45) is 1.53. The lowest BCUT2D eigenvalue weighted by molar-refractivity contribution is -0.160. The zero-order valence-electron chi connectivity index (χ0n) is 20.2. The number of nitrogens with zero attached hydrogens (tertiary/aromatic N) is 1. The van der Waals surface area contributed by atoms with E-state index in [0.29, 0.717) is 12.2 Å². The van der Waals surface area contributed by atoms with Crippen LogP contribution in [-0.4, -0.2) is 28.3 Å². The Balaban J connectivity index is 1.93. The van der Waals surface area contributed by atoms with Crippen LogP contribution in [0.5, 0.6) is 5.75 Å². The number of hydrogen-bond donors (Lipinski definition) is 1. The number of pyridine rings is 1. The van der Waals surface area contributed by atoms with E-state index in [0.717, 1.165) is 56.1 Å². The SMILES string of the molecule is Cc1cc2c(C)cccc2c(-c2ccc3c4c(ccnc24)CCO3)c1[C@H](OC(C)(C)C)C(=O)O. The number of aliphatic carboxylic acids is 1. The summed E-state index contributed by atoms with van der Waals surface area (Å²) in [4.78, 5) is 17.4. The maximum Gasteiger partial charge on any atom is 0.337 e. The largest absolute Gasteiger partial charge is 0.493 e. The molecule has 0 spiro atoms. The average molecular weight is 456 g/mol. The van der Waals surface area contributed by atoms with Crippen molar-refractivity contribution in [3.05, 3.63) is 70.9 Å². The molecule has 1 atom stereocenters. The van der Waals surface area contributed by atoms with Crippen molar-refractivity contribution in [2.45, 2.75) is 52.7 Å². The number of carboxylic acid groups (broad SMARTS) is 1. The molecule has 1 aliphatic heterocycles. The van der Waals surface area contributed by atoms with Crippen molar-refractivity contribution < 1.29 is 19.4 Å². The molecule has 0 bridgehead atoms. The van der Waals surface area contributed by atoms with E-state index in [4.69, 9.17) is 14.5 Å². The normalized spacial score (nSPS) is 14.3. The highest BCUT2D eigenvalue weighted by atomic mass is 16.5. The third-order valence-corrected chi connectivity index (χ3v) is 6.44. The van der Waals surface area contributed by atoms with Gasteiger partial charge in [0.05, 0.1) is 17.7 Å². The molecular weight excluding hydrogens is 426 g/mol. The fourth-order valence-electron chi connectivity index (χ4n) is 5.04. The van der Waals surface area contributed by atoms with E-state index in [1.807, 2.05) is 58.2 Å². The molecule has 3 aromatic carbocycles. The van der Waals surface area contributed by atoms with Gasteiger partial charge in [-0.05, 0) is 85.8 Å². The molecule has 0 radical (unpaired) electrons. The number of carboxylic acids is 1. The molecule has 34 heavy (non-hydrogen) atoms. The standard InChI is InChI=1S/C29H29NO4/c1-16-7-6-8-19-21(16)15-17(2)23(27(28(31)32)34-29(3,4)5)25(19)20-9-10-22-24-18(12-14-33-22)11-13-30-26(20)24/h6-11,13,15,27H,12,14H2,1-5H3,(H,31,32)/t27-/m0/s1. The first-order valence-corrected chi connectivity index (χ1v) is 11.6. The van der Waals surface area contributed by atoms with Crippen molar-refractivity contribution in [1.82, 2.24) is 4.98 Å². The van der Waals surface area contributed by atoms with E-state index < -0.39 is 17.7 Å². The van der Waals surface area contributed by atoms with E-state index in [1.54, 1.807) is 0 Å². The molecule has 1 N–H and O–H groups in total. The number of fused-ring (bicyclic) bond motifs is 1. The Morgan fingerprint density at radius 1 is 1.09 bits per heavy atom. The minimum Gasteiger partial charge on any atom is -0.493 e. The van der Waals surface area contributed by atoms with Crippen LogP contribution in [0.4, 0.5) is 0 Å². The second-order valence-electron chi connectivity index (χ2n) is 10.0. The third kappa shape index (κ3) is 3.70. The van der Waals surface area contributed by atoms with Crippen LogP contribution in [0.1, 0.15) is 49.1 Å². The van der Waals surface area contributed by atoms with E-state index in [9.17, 15) is 9.90 Å². The van der Waals surface area contributed by atoms with Gasteiger partial charge in [-0.3, -0.25) is 4.98 Å². The minimum atomic E-state index is -1.12. The number of ether oxygens (including phenoxy) is 2. The zero-order valence-corrected chi connectivity index (χ0v) is 20.2. The summed E-state index contributed by atoms with van der Waals surface area (Å²) in [7, 11) is 0. The molecule has 0 unspecified atom stereocenters. The quantitative estimate of drug-likeness (QED) is 0.378. The lowest BCUT2D eigenvalue weighted by Crippen LogP contribution is -2.28. The van der Waals surface area contributed by atoms with Gasteiger partial charge >= 0.3 is 5.97 Å². The fourth-order valence-corrected chi connectivity index (χ4v) is 5.04. The molecule has 2 heterocycles. The second-order valence-corrected chi connectivity index (χ2v) is 10.0. The Hall–Kier alpha value is -3.44. The molecule has 1 aromatic heterocycles. The second kappa shape index (κ2) is 8.10. The molecule has 0 aliphatic carbocycles. The topological polar surface area (TPSA) is 68.7 Å². The van der Waals surface area contributed by atoms with Crippen molar-refractivity contribution in [3.63, 3.8) is 0 Å². The molecule has 0 saturated heterocycles. The van der Waals surface area contributed by atoms with Crippen molar-refractivity contribution in [2.24, 2.45) is 0 Å². The van der Waals surface area contributed by atoms with Crippen LogP contribution in [0.25, 0.3) is 32.8 Å². The van der Waals surface area contributed by atoms with Gasteiger partial charge in [-0.25, -0.2) is 4.79 Å². The molecule has 5 heteroatoms. The lowest BCUT2D eigenvalue weighted by Gasteiger charge is -2.29. The summed E-state index contributed by atoms with van der Waals surface area (Å²) >= 11 is 0. The summed E-state index contributed by atoms with van der Waals surface area (Å²) in [5.74, 6) is -0.186. The monoisotopic (exact) mass is 455 g/mol. The Morgan fingerprint density at radius 2 is 1.88 bits per heavy atom. The summed E-state index contributed by atoms with van der Waals surface area (Å²) in [6, 6.07) is 14.3. The number of rotatable bonds is 4. The first kappa shape index (κ1) is 22.4. The summed E-state index contributed by atoms with van der Waals surface area (Å²) in [5, 5.41) is 13.4. The minimum absolute atomic E-state index is 0.639. The first-order valence-electron chi connectivity index (χ1n) is 11.6. The highest BCUT2D eigenvalue weighted by Crippen LogP contribution is 2.45. The van der Waals surface area contributed by atoms with Gasteiger partial charge in [-0.15, -0.1) is 0 Å². The van der Waals surface area contributed by atoms with Gasteiger partial charge in [-0.1, -0.05) is 24.3 Å². The van der Waals surface area contributed by atoms with Crippen LogP contribution >= 0.6 is 0 Å². The van der Waals surface area contributed by atoms with E-state index in [2.05, 4.69) is 25.1 Å². The fraction of sp³-hybridized carbons (Fsp3) is 0.310. The molecule has 1 aliphatic rings. The average Bonchev–Trinajstić information content (AvgIpc) is 2.78. The maximum atomic E-state index is 12.6. The zero-order chi connectivity index (χ0) is 24.2. The van der Waals surface area contributed by atoms with Crippen LogP contribution in [-0.2, 0) is 16.0 Å². The Labute approximate surface area is 199 Å². The van der Waals surface area contributed by atoms with Crippen LogP contribution in [0.3, 0.4) is 0 Å². The molecule has 5 rings (SSSR count). The van der Waals surface area contributed by atoms with Crippen LogP contribution in [0.15, 0.2) is 48.7 Å². The van der Waals surface area contributed by atoms with Gasteiger partial charge in [0.2, 0.25) is 0 Å². The van der Waals surface area contributed by atoms with Crippen LogP contribution < -0.4 is 4.74 Å². The Kier molecular flexibility index (Phi) is 5.33.